The van der Waals surface area contributed by atoms with Gasteiger partial charge in [0.15, 0.2) is 0 Å². The minimum Gasteiger partial charge on any atom is -0.379 e. The highest BCUT2D eigenvalue weighted by molar-refractivity contribution is 14.1. The number of rotatable bonds is 4. The van der Waals surface area contributed by atoms with Crippen molar-refractivity contribution in [3.8, 4) is 11.3 Å². The molecule has 1 heterocycles. The van der Waals surface area contributed by atoms with Gasteiger partial charge in [0.25, 0.3) is 0 Å². The Morgan fingerprint density at radius 3 is 2.65 bits per heavy atom. The van der Waals surface area contributed by atoms with Crippen LogP contribution in [-0.2, 0) is 6.54 Å². The monoisotopic (exact) mass is 376 g/mol. The van der Waals surface area contributed by atoms with Crippen molar-refractivity contribution in [1.82, 2.24) is 15.4 Å². The van der Waals surface area contributed by atoms with Crippen molar-refractivity contribution in [3.63, 3.8) is 0 Å². The quantitative estimate of drug-likeness (QED) is 0.683. The van der Waals surface area contributed by atoms with Gasteiger partial charge >= 0.3 is 0 Å². The van der Waals surface area contributed by atoms with Gasteiger partial charge in [-0.15, -0.1) is 0 Å². The number of hydrogen-bond donors (Lipinski definition) is 2. The van der Waals surface area contributed by atoms with Crippen molar-refractivity contribution in [1.29, 1.82) is 0 Å². The van der Waals surface area contributed by atoms with E-state index in [0.717, 1.165) is 22.6 Å². The molecule has 0 fully saturated rings. The number of benzene rings is 2. The van der Waals surface area contributed by atoms with Gasteiger partial charge in [-0.3, -0.25) is 0 Å². The summed E-state index contributed by atoms with van der Waals surface area (Å²) in [6.07, 6.45) is 0. The minimum absolute atomic E-state index is 0.640. The summed E-state index contributed by atoms with van der Waals surface area (Å²) >= 11 is 2.30. The van der Waals surface area contributed by atoms with Crippen LogP contribution in [0.25, 0.3) is 11.3 Å². The first kappa shape index (κ1) is 13.1. The molecule has 5 heteroatoms. The first-order chi connectivity index (χ1) is 9.83. The normalized spacial score (nSPS) is 10.4. The second kappa shape index (κ2) is 6.04. The lowest BCUT2D eigenvalue weighted by Crippen LogP contribution is -2.01. The highest BCUT2D eigenvalue weighted by Gasteiger charge is 2.09. The lowest BCUT2D eigenvalue weighted by atomic mass is 10.1. The van der Waals surface area contributed by atoms with E-state index >= 15 is 0 Å². The van der Waals surface area contributed by atoms with E-state index < -0.39 is 0 Å². The van der Waals surface area contributed by atoms with Crippen LogP contribution in [0.3, 0.4) is 0 Å². The number of H-pyrrole nitrogens is 1. The van der Waals surface area contributed by atoms with Crippen LogP contribution < -0.4 is 5.32 Å². The summed E-state index contributed by atoms with van der Waals surface area (Å²) in [5.41, 5.74) is 3.96. The molecule has 0 aliphatic rings. The summed E-state index contributed by atoms with van der Waals surface area (Å²) in [6, 6.07) is 18.3. The maximum Gasteiger partial charge on any atom is 0.117 e. The first-order valence-electron chi connectivity index (χ1n) is 6.27. The Kier molecular flexibility index (Phi) is 3.96. The van der Waals surface area contributed by atoms with Crippen LogP contribution in [0.5, 0.6) is 0 Å². The van der Waals surface area contributed by atoms with Gasteiger partial charge in [-0.05, 0) is 40.8 Å². The van der Waals surface area contributed by atoms with Crippen LogP contribution in [0, 0.1) is 3.57 Å². The zero-order chi connectivity index (χ0) is 13.8. The van der Waals surface area contributed by atoms with Crippen LogP contribution in [0.2, 0.25) is 0 Å². The summed E-state index contributed by atoms with van der Waals surface area (Å²) in [5, 5.41) is 14.5. The fourth-order valence-electron chi connectivity index (χ4n) is 1.99. The Morgan fingerprint density at radius 2 is 1.85 bits per heavy atom. The third-order valence-corrected chi connectivity index (χ3v) is 3.62. The number of nitrogens with zero attached hydrogens (tertiary/aromatic N) is 2. The molecule has 0 unspecified atom stereocenters. The van der Waals surface area contributed by atoms with E-state index in [-0.39, 0.29) is 0 Å². The largest absolute Gasteiger partial charge is 0.379 e. The van der Waals surface area contributed by atoms with Crippen molar-refractivity contribution >= 4 is 28.3 Å². The molecule has 0 spiro atoms. The number of aromatic nitrogens is 3. The standard InChI is InChI=1S/C15H13IN4/c16-12-7-4-8-13(9-12)17-10-14-15(19-20-18-14)11-5-2-1-3-6-11/h1-9,17H,10H2,(H,18,19,20). The molecule has 100 valence electrons. The molecule has 0 aliphatic carbocycles. The van der Waals surface area contributed by atoms with Crippen molar-refractivity contribution in [2.24, 2.45) is 0 Å². The number of hydrogen-bond acceptors (Lipinski definition) is 3. The van der Waals surface area contributed by atoms with Gasteiger partial charge in [0.05, 0.1) is 6.54 Å². The summed E-state index contributed by atoms with van der Waals surface area (Å²) in [4.78, 5) is 0. The topological polar surface area (TPSA) is 53.6 Å². The Labute approximate surface area is 130 Å². The molecule has 1 aromatic heterocycles. The summed E-state index contributed by atoms with van der Waals surface area (Å²) in [7, 11) is 0. The zero-order valence-corrected chi connectivity index (χ0v) is 12.8. The lowest BCUT2D eigenvalue weighted by molar-refractivity contribution is 0.911. The average molecular weight is 376 g/mol. The van der Waals surface area contributed by atoms with Crippen LogP contribution in [0.15, 0.2) is 54.6 Å². The van der Waals surface area contributed by atoms with Crippen LogP contribution in [0.4, 0.5) is 5.69 Å². The molecule has 2 N–H and O–H groups in total. The van der Waals surface area contributed by atoms with E-state index in [1.54, 1.807) is 0 Å². The van der Waals surface area contributed by atoms with E-state index in [2.05, 4.69) is 55.5 Å². The molecule has 0 aliphatic heterocycles. The van der Waals surface area contributed by atoms with Gasteiger partial charge in [0.2, 0.25) is 0 Å². The number of aromatic amines is 1. The van der Waals surface area contributed by atoms with Gasteiger partial charge in [0.1, 0.15) is 11.4 Å². The van der Waals surface area contributed by atoms with Crippen LogP contribution >= 0.6 is 22.6 Å². The Bertz CT molecular complexity index is 694. The minimum atomic E-state index is 0.640. The maximum atomic E-state index is 4.24. The van der Waals surface area contributed by atoms with Gasteiger partial charge in [-0.2, -0.15) is 15.4 Å². The van der Waals surface area contributed by atoms with Crippen molar-refractivity contribution in [3.05, 3.63) is 63.9 Å². The Morgan fingerprint density at radius 1 is 1.00 bits per heavy atom. The number of halogens is 1. The Hall–Kier alpha value is -1.89. The summed E-state index contributed by atoms with van der Waals surface area (Å²) in [5.74, 6) is 0. The third kappa shape index (κ3) is 2.98. The summed E-state index contributed by atoms with van der Waals surface area (Å²) in [6.45, 7) is 0.640. The van der Waals surface area contributed by atoms with Crippen molar-refractivity contribution in [2.45, 2.75) is 6.54 Å². The molecule has 0 saturated heterocycles. The molecule has 20 heavy (non-hydrogen) atoms. The molecule has 0 amide bonds. The first-order valence-corrected chi connectivity index (χ1v) is 7.35. The molecule has 0 saturated carbocycles. The number of anilines is 1. The van der Waals surface area contributed by atoms with Crippen molar-refractivity contribution < 1.29 is 0 Å². The maximum absolute atomic E-state index is 4.24. The van der Waals surface area contributed by atoms with Gasteiger partial charge in [0, 0.05) is 14.8 Å². The zero-order valence-electron chi connectivity index (χ0n) is 10.7. The van der Waals surface area contributed by atoms with Crippen molar-refractivity contribution in [2.75, 3.05) is 5.32 Å². The predicted molar refractivity (Wildman–Crippen MR) is 88.3 cm³/mol. The van der Waals surface area contributed by atoms with E-state index in [9.17, 15) is 0 Å². The predicted octanol–water partition coefficient (Wildman–Crippen LogP) is 3.69. The van der Waals surface area contributed by atoms with E-state index in [0.29, 0.717) is 6.54 Å². The Balaban J connectivity index is 1.78. The smallest absolute Gasteiger partial charge is 0.117 e. The average Bonchev–Trinajstić information content (AvgIpc) is 2.95. The van der Waals surface area contributed by atoms with E-state index in [1.165, 1.54) is 3.57 Å². The molecule has 3 rings (SSSR count). The molecule has 0 radical (unpaired) electrons. The second-order valence-corrected chi connectivity index (χ2v) is 5.59. The van der Waals surface area contributed by atoms with E-state index in [1.807, 2.05) is 42.5 Å². The third-order valence-electron chi connectivity index (χ3n) is 2.95. The van der Waals surface area contributed by atoms with Gasteiger partial charge < -0.3 is 5.32 Å². The second-order valence-electron chi connectivity index (χ2n) is 4.35. The molecule has 0 bridgehead atoms. The van der Waals surface area contributed by atoms with Crippen LogP contribution in [0.1, 0.15) is 5.69 Å². The molecular formula is C15H13IN4. The molecule has 0 atom stereocenters. The fourth-order valence-corrected chi connectivity index (χ4v) is 2.53. The highest BCUT2D eigenvalue weighted by atomic mass is 127. The molecule has 3 aromatic rings. The van der Waals surface area contributed by atoms with Gasteiger partial charge in [-0.25, -0.2) is 0 Å². The highest BCUT2D eigenvalue weighted by Crippen LogP contribution is 2.20. The molecule has 2 aromatic carbocycles. The lowest BCUT2D eigenvalue weighted by Gasteiger charge is -2.06. The van der Waals surface area contributed by atoms with Crippen LogP contribution in [-0.4, -0.2) is 15.4 Å². The molecular weight excluding hydrogens is 363 g/mol. The fraction of sp³-hybridized carbons (Fsp3) is 0.0667. The SMILES string of the molecule is Ic1cccc(NCc2n[nH]nc2-c2ccccc2)c1. The van der Waals surface area contributed by atoms with E-state index in [4.69, 9.17) is 0 Å². The van der Waals surface area contributed by atoms with Gasteiger partial charge in [-0.1, -0.05) is 36.4 Å². The summed E-state index contributed by atoms with van der Waals surface area (Å²) < 4.78 is 1.20. The number of nitrogens with one attached hydrogen (secondary N) is 2. The molecule has 4 nitrogen and oxygen atoms in total.